The van der Waals surface area contributed by atoms with Gasteiger partial charge in [0.2, 0.25) is 5.91 Å². The molecule has 2 amide bonds. The Balaban J connectivity index is 1.66. The monoisotopic (exact) mass is 367 g/mol. The minimum Gasteiger partial charge on any atom is -0.497 e. The summed E-state index contributed by atoms with van der Waals surface area (Å²) in [6.45, 7) is 3.60. The van der Waals surface area contributed by atoms with Crippen molar-refractivity contribution in [3.63, 3.8) is 0 Å². The van der Waals surface area contributed by atoms with Gasteiger partial charge in [0.15, 0.2) is 0 Å². The summed E-state index contributed by atoms with van der Waals surface area (Å²) in [6, 6.07) is 13.0. The second kappa shape index (κ2) is 8.12. The van der Waals surface area contributed by atoms with Gasteiger partial charge in [0.05, 0.1) is 7.11 Å². The van der Waals surface area contributed by atoms with Gasteiger partial charge in [-0.25, -0.2) is 0 Å². The van der Waals surface area contributed by atoms with Crippen molar-refractivity contribution in [1.82, 2.24) is 0 Å². The van der Waals surface area contributed by atoms with E-state index in [-0.39, 0.29) is 17.7 Å². The second-order valence-corrected chi connectivity index (χ2v) is 6.85. The van der Waals surface area contributed by atoms with Crippen LogP contribution >= 0.6 is 0 Å². The van der Waals surface area contributed by atoms with Crippen LogP contribution in [-0.2, 0) is 4.79 Å². The first-order valence-corrected chi connectivity index (χ1v) is 9.08. The summed E-state index contributed by atoms with van der Waals surface area (Å²) >= 11 is 0. The number of anilines is 2. The van der Waals surface area contributed by atoms with Crippen molar-refractivity contribution in [3.8, 4) is 5.75 Å². The molecule has 27 heavy (non-hydrogen) atoms. The van der Waals surface area contributed by atoms with E-state index in [0.29, 0.717) is 11.3 Å². The molecular formula is C21H25N3O3. The Hall–Kier alpha value is -3.02. The highest BCUT2D eigenvalue weighted by atomic mass is 16.5. The van der Waals surface area contributed by atoms with Crippen LogP contribution in [0, 0.1) is 12.8 Å². The molecule has 0 spiro atoms. The van der Waals surface area contributed by atoms with Crippen molar-refractivity contribution in [2.24, 2.45) is 11.7 Å². The van der Waals surface area contributed by atoms with E-state index in [0.717, 1.165) is 42.9 Å². The highest BCUT2D eigenvalue weighted by Crippen LogP contribution is 2.27. The first kappa shape index (κ1) is 18.8. The minimum atomic E-state index is -0.206. The molecule has 1 fully saturated rings. The van der Waals surface area contributed by atoms with Gasteiger partial charge < -0.3 is 20.7 Å². The number of aryl methyl sites for hydroxylation is 1. The van der Waals surface area contributed by atoms with E-state index in [4.69, 9.17) is 10.5 Å². The molecule has 6 heteroatoms. The molecule has 0 atom stereocenters. The lowest BCUT2D eigenvalue weighted by Crippen LogP contribution is -2.38. The minimum absolute atomic E-state index is 0.0228. The summed E-state index contributed by atoms with van der Waals surface area (Å²) in [7, 11) is 1.59. The first-order chi connectivity index (χ1) is 13.0. The van der Waals surface area contributed by atoms with E-state index < -0.39 is 0 Å². The van der Waals surface area contributed by atoms with E-state index in [1.165, 1.54) is 0 Å². The molecule has 0 saturated carbocycles. The molecule has 0 bridgehead atoms. The van der Waals surface area contributed by atoms with Gasteiger partial charge in [-0.3, -0.25) is 9.59 Å². The number of nitrogens with zero attached hydrogens (tertiary/aromatic N) is 1. The van der Waals surface area contributed by atoms with Crippen LogP contribution in [0.1, 0.15) is 28.8 Å². The number of hydrogen-bond donors (Lipinski definition) is 2. The summed E-state index contributed by atoms with van der Waals surface area (Å²) in [5, 5.41) is 2.96. The number of carbonyl (C=O) groups is 2. The molecule has 3 N–H and O–H groups in total. The number of hydrogen-bond acceptors (Lipinski definition) is 4. The summed E-state index contributed by atoms with van der Waals surface area (Å²) in [5.41, 5.74) is 8.85. The van der Waals surface area contributed by atoms with Crippen LogP contribution in [0.5, 0.6) is 5.75 Å². The van der Waals surface area contributed by atoms with Gasteiger partial charge in [0.1, 0.15) is 5.75 Å². The molecule has 0 unspecified atom stereocenters. The zero-order chi connectivity index (χ0) is 19.4. The van der Waals surface area contributed by atoms with Crippen LogP contribution in [-0.4, -0.2) is 32.0 Å². The van der Waals surface area contributed by atoms with E-state index in [9.17, 15) is 9.59 Å². The van der Waals surface area contributed by atoms with Gasteiger partial charge in [-0.05, 0) is 67.8 Å². The van der Waals surface area contributed by atoms with E-state index in [1.807, 2.05) is 19.1 Å². The van der Waals surface area contributed by atoms with Gasteiger partial charge in [0.25, 0.3) is 5.91 Å². The van der Waals surface area contributed by atoms with Crippen LogP contribution in [0.25, 0.3) is 0 Å². The molecule has 142 valence electrons. The van der Waals surface area contributed by atoms with Crippen LogP contribution in [0.3, 0.4) is 0 Å². The predicted molar refractivity (Wildman–Crippen MR) is 106 cm³/mol. The Morgan fingerprint density at radius 1 is 1.11 bits per heavy atom. The molecule has 6 nitrogen and oxygen atoms in total. The molecule has 1 aliphatic heterocycles. The van der Waals surface area contributed by atoms with Gasteiger partial charge in [-0.2, -0.15) is 0 Å². The average Bonchev–Trinajstić information content (AvgIpc) is 2.69. The topological polar surface area (TPSA) is 84.7 Å². The summed E-state index contributed by atoms with van der Waals surface area (Å²) in [6.07, 6.45) is 1.56. The van der Waals surface area contributed by atoms with Gasteiger partial charge in [-0.15, -0.1) is 0 Å². The number of primary amides is 1. The van der Waals surface area contributed by atoms with Crippen molar-refractivity contribution in [2.75, 3.05) is 30.4 Å². The third kappa shape index (κ3) is 4.39. The SMILES string of the molecule is COc1ccc(C(=O)Nc2ccc(N3CCC(C(N)=O)CC3)cc2C)cc1. The van der Waals surface area contributed by atoms with Crippen LogP contribution in [0.2, 0.25) is 0 Å². The number of carbonyl (C=O) groups excluding carboxylic acids is 2. The Morgan fingerprint density at radius 3 is 2.33 bits per heavy atom. The maximum absolute atomic E-state index is 12.4. The number of benzene rings is 2. The molecule has 0 aromatic heterocycles. The van der Waals surface area contributed by atoms with Gasteiger partial charge in [-0.1, -0.05) is 0 Å². The predicted octanol–water partition coefficient (Wildman–Crippen LogP) is 2.96. The number of methoxy groups -OCH3 is 1. The second-order valence-electron chi connectivity index (χ2n) is 6.85. The Bertz CT molecular complexity index is 825. The fourth-order valence-electron chi connectivity index (χ4n) is 3.34. The number of rotatable bonds is 5. The first-order valence-electron chi connectivity index (χ1n) is 9.08. The van der Waals surface area contributed by atoms with E-state index in [2.05, 4.69) is 16.3 Å². The maximum Gasteiger partial charge on any atom is 0.255 e. The van der Waals surface area contributed by atoms with Crippen molar-refractivity contribution in [2.45, 2.75) is 19.8 Å². The average molecular weight is 367 g/mol. The quantitative estimate of drug-likeness (QED) is 0.851. The van der Waals surface area contributed by atoms with Gasteiger partial charge in [0, 0.05) is 35.9 Å². The molecule has 3 rings (SSSR count). The fourth-order valence-corrected chi connectivity index (χ4v) is 3.34. The van der Waals surface area contributed by atoms with E-state index >= 15 is 0 Å². The molecular weight excluding hydrogens is 342 g/mol. The third-order valence-electron chi connectivity index (χ3n) is 5.07. The van der Waals surface area contributed by atoms with Crippen molar-refractivity contribution in [1.29, 1.82) is 0 Å². The lowest BCUT2D eigenvalue weighted by molar-refractivity contribution is -0.122. The molecule has 1 aliphatic rings. The van der Waals surface area contributed by atoms with E-state index in [1.54, 1.807) is 31.4 Å². The Morgan fingerprint density at radius 2 is 1.78 bits per heavy atom. The molecule has 0 aliphatic carbocycles. The molecule has 2 aromatic carbocycles. The molecule has 1 saturated heterocycles. The third-order valence-corrected chi connectivity index (χ3v) is 5.07. The van der Waals surface area contributed by atoms with Crippen molar-refractivity contribution in [3.05, 3.63) is 53.6 Å². The zero-order valence-corrected chi connectivity index (χ0v) is 15.7. The summed E-state index contributed by atoms with van der Waals surface area (Å²) in [5.74, 6) is 0.329. The Kier molecular flexibility index (Phi) is 5.64. The highest BCUT2D eigenvalue weighted by Gasteiger charge is 2.23. The molecule has 0 radical (unpaired) electrons. The molecule has 2 aromatic rings. The number of piperidine rings is 1. The maximum atomic E-state index is 12.4. The van der Waals surface area contributed by atoms with Crippen molar-refractivity contribution >= 4 is 23.2 Å². The zero-order valence-electron chi connectivity index (χ0n) is 15.7. The lowest BCUT2D eigenvalue weighted by atomic mass is 9.96. The lowest BCUT2D eigenvalue weighted by Gasteiger charge is -2.32. The van der Waals surface area contributed by atoms with Crippen molar-refractivity contribution < 1.29 is 14.3 Å². The summed E-state index contributed by atoms with van der Waals surface area (Å²) in [4.78, 5) is 26.0. The normalized spacial score (nSPS) is 14.7. The smallest absolute Gasteiger partial charge is 0.255 e. The van der Waals surface area contributed by atoms with Crippen LogP contribution in [0.15, 0.2) is 42.5 Å². The molecule has 1 heterocycles. The van der Waals surface area contributed by atoms with Crippen LogP contribution in [0.4, 0.5) is 11.4 Å². The van der Waals surface area contributed by atoms with Crippen LogP contribution < -0.4 is 20.7 Å². The van der Waals surface area contributed by atoms with Gasteiger partial charge >= 0.3 is 0 Å². The highest BCUT2D eigenvalue weighted by molar-refractivity contribution is 6.04. The number of nitrogens with two attached hydrogens (primary N) is 1. The standard InChI is InChI=1S/C21H25N3O3/c1-14-13-17(24-11-9-15(10-12-24)20(22)25)5-8-19(14)23-21(26)16-3-6-18(27-2)7-4-16/h3-8,13,15H,9-12H2,1-2H3,(H2,22,25)(H,23,26). The fraction of sp³-hybridized carbons (Fsp3) is 0.333. The Labute approximate surface area is 159 Å². The largest absolute Gasteiger partial charge is 0.497 e. The summed E-state index contributed by atoms with van der Waals surface area (Å²) < 4.78 is 5.11. The number of nitrogens with one attached hydrogen (secondary N) is 1. The number of amides is 2. The number of ether oxygens (including phenoxy) is 1.